The third-order valence-corrected chi connectivity index (χ3v) is 3.41. The summed E-state index contributed by atoms with van der Waals surface area (Å²) in [6.07, 6.45) is 1.50. The number of fused-ring (bicyclic) bond motifs is 1. The minimum atomic E-state index is -0.399. The van der Waals surface area contributed by atoms with Crippen LogP contribution < -0.4 is 16.1 Å². The molecule has 2 aromatic heterocycles. The highest BCUT2D eigenvalue weighted by molar-refractivity contribution is 9.10. The molecule has 0 bridgehead atoms. The van der Waals surface area contributed by atoms with Gasteiger partial charge in [0.15, 0.2) is 0 Å². The molecule has 3 rings (SSSR count). The monoisotopic (exact) mass is 347 g/mol. The van der Waals surface area contributed by atoms with E-state index in [0.717, 1.165) is 10.9 Å². The summed E-state index contributed by atoms with van der Waals surface area (Å²) in [5.74, 6) is 0.878. The number of hydrogen-bond acceptors (Lipinski definition) is 6. The van der Waals surface area contributed by atoms with Crippen LogP contribution in [0.4, 0.5) is 5.95 Å². The van der Waals surface area contributed by atoms with Gasteiger partial charge in [-0.1, -0.05) is 0 Å². The maximum absolute atomic E-state index is 11.4. The molecule has 7 heteroatoms. The number of aryl methyl sites for hydroxylation is 1. The molecule has 2 heterocycles. The number of hydrogen-bond donors (Lipinski definition) is 1. The van der Waals surface area contributed by atoms with E-state index in [1.165, 1.54) is 12.3 Å². The van der Waals surface area contributed by atoms with Crippen molar-refractivity contribution < 1.29 is 9.15 Å². The summed E-state index contributed by atoms with van der Waals surface area (Å²) in [6, 6.07) is 6.67. The van der Waals surface area contributed by atoms with E-state index < -0.39 is 5.63 Å². The number of benzene rings is 1. The fourth-order valence-corrected chi connectivity index (χ4v) is 2.19. The van der Waals surface area contributed by atoms with E-state index >= 15 is 0 Å². The first kappa shape index (κ1) is 13.6. The zero-order chi connectivity index (χ0) is 15.0. The van der Waals surface area contributed by atoms with Crippen molar-refractivity contribution in [3.8, 4) is 11.6 Å². The Hall–Kier alpha value is -2.41. The van der Waals surface area contributed by atoms with Crippen LogP contribution in [0.5, 0.6) is 11.6 Å². The number of ether oxygens (including phenoxy) is 1. The normalized spacial score (nSPS) is 10.8. The summed E-state index contributed by atoms with van der Waals surface area (Å²) in [6.45, 7) is 1.85. The van der Waals surface area contributed by atoms with E-state index in [2.05, 4.69) is 25.9 Å². The molecule has 2 N–H and O–H groups in total. The van der Waals surface area contributed by atoms with E-state index in [-0.39, 0.29) is 11.8 Å². The molecule has 0 unspecified atom stereocenters. The minimum Gasteiger partial charge on any atom is -0.438 e. The fourth-order valence-electron chi connectivity index (χ4n) is 1.92. The molecule has 0 saturated heterocycles. The molecule has 0 amide bonds. The summed E-state index contributed by atoms with van der Waals surface area (Å²) >= 11 is 3.28. The van der Waals surface area contributed by atoms with Gasteiger partial charge in [0.2, 0.25) is 11.8 Å². The molecule has 0 fully saturated rings. The maximum atomic E-state index is 11.4. The van der Waals surface area contributed by atoms with Gasteiger partial charge in [-0.15, -0.1) is 0 Å². The van der Waals surface area contributed by atoms with Crippen LogP contribution in [0.15, 0.2) is 44.1 Å². The molecule has 1 aromatic carbocycles. The number of nitrogen functional groups attached to an aromatic ring is 1. The van der Waals surface area contributed by atoms with Crippen molar-refractivity contribution in [1.82, 2.24) is 9.97 Å². The van der Waals surface area contributed by atoms with Crippen molar-refractivity contribution in [2.24, 2.45) is 0 Å². The average Bonchev–Trinajstić information content (AvgIpc) is 2.42. The Morgan fingerprint density at radius 2 is 2.14 bits per heavy atom. The summed E-state index contributed by atoms with van der Waals surface area (Å²) in [5.41, 5.74) is 6.43. The van der Waals surface area contributed by atoms with Gasteiger partial charge in [0.05, 0.1) is 10.7 Å². The van der Waals surface area contributed by atoms with Crippen LogP contribution >= 0.6 is 15.9 Å². The van der Waals surface area contributed by atoms with Gasteiger partial charge in [0.25, 0.3) is 0 Å². The van der Waals surface area contributed by atoms with Crippen molar-refractivity contribution in [2.75, 3.05) is 5.73 Å². The van der Waals surface area contributed by atoms with Crippen molar-refractivity contribution >= 4 is 32.8 Å². The fraction of sp³-hybridized carbons (Fsp3) is 0.0714. The van der Waals surface area contributed by atoms with Crippen molar-refractivity contribution in [1.29, 1.82) is 0 Å². The highest BCUT2D eigenvalue weighted by atomic mass is 79.9. The lowest BCUT2D eigenvalue weighted by molar-refractivity contribution is 0.457. The smallest absolute Gasteiger partial charge is 0.336 e. The molecule has 0 spiro atoms. The van der Waals surface area contributed by atoms with Crippen molar-refractivity contribution in [2.45, 2.75) is 6.92 Å². The van der Waals surface area contributed by atoms with E-state index in [4.69, 9.17) is 14.9 Å². The number of anilines is 1. The predicted molar refractivity (Wildman–Crippen MR) is 81.4 cm³/mol. The van der Waals surface area contributed by atoms with Gasteiger partial charge >= 0.3 is 5.63 Å². The van der Waals surface area contributed by atoms with Gasteiger partial charge in [-0.3, -0.25) is 0 Å². The van der Waals surface area contributed by atoms with Crippen LogP contribution in [0.25, 0.3) is 11.0 Å². The SMILES string of the molecule is Cc1cc(=O)oc2cc(Oc3nc(N)ncc3Br)ccc12. The van der Waals surface area contributed by atoms with E-state index in [9.17, 15) is 4.79 Å². The van der Waals surface area contributed by atoms with Crippen LogP contribution in [0.1, 0.15) is 5.56 Å². The molecule has 6 nitrogen and oxygen atoms in total. The van der Waals surface area contributed by atoms with Crippen LogP contribution in [-0.4, -0.2) is 9.97 Å². The molecule has 0 aliphatic carbocycles. The van der Waals surface area contributed by atoms with E-state index in [0.29, 0.717) is 15.8 Å². The molecular weight excluding hydrogens is 338 g/mol. The number of halogens is 1. The molecule has 0 radical (unpaired) electrons. The highest BCUT2D eigenvalue weighted by Gasteiger charge is 2.09. The zero-order valence-corrected chi connectivity index (χ0v) is 12.5. The maximum Gasteiger partial charge on any atom is 0.336 e. The molecule has 106 valence electrons. The molecule has 21 heavy (non-hydrogen) atoms. The number of nitrogens with two attached hydrogens (primary N) is 1. The first-order valence-corrected chi connectivity index (χ1v) is 6.82. The number of aromatic nitrogens is 2. The van der Waals surface area contributed by atoms with Crippen molar-refractivity contribution in [3.05, 3.63) is 50.9 Å². The van der Waals surface area contributed by atoms with Gasteiger partial charge in [-0.25, -0.2) is 9.78 Å². The quantitative estimate of drug-likeness (QED) is 0.716. The second-order valence-corrected chi connectivity index (χ2v) is 5.24. The first-order chi connectivity index (χ1) is 10.0. The lowest BCUT2D eigenvalue weighted by Crippen LogP contribution is -1.99. The largest absolute Gasteiger partial charge is 0.438 e. The lowest BCUT2D eigenvalue weighted by Gasteiger charge is -2.08. The number of nitrogens with zero attached hydrogens (tertiary/aromatic N) is 2. The van der Waals surface area contributed by atoms with Crippen molar-refractivity contribution in [3.63, 3.8) is 0 Å². The molecule has 3 aromatic rings. The third-order valence-electron chi connectivity index (χ3n) is 2.87. The molecular formula is C14H10BrN3O3. The standard InChI is InChI=1S/C14H10BrN3O3/c1-7-4-12(19)21-11-5-8(2-3-9(7)11)20-13-10(15)6-17-14(16)18-13/h2-6H,1H3,(H2,16,17,18). The van der Waals surface area contributed by atoms with E-state index in [1.807, 2.05) is 13.0 Å². The average molecular weight is 348 g/mol. The third kappa shape index (κ3) is 2.73. The zero-order valence-electron chi connectivity index (χ0n) is 11.0. The first-order valence-electron chi connectivity index (χ1n) is 6.03. The number of rotatable bonds is 2. The second kappa shape index (κ2) is 5.17. The van der Waals surface area contributed by atoms with Crippen LogP contribution in [0.2, 0.25) is 0 Å². The molecule has 0 saturated carbocycles. The van der Waals surface area contributed by atoms with Gasteiger partial charge in [0, 0.05) is 17.5 Å². The molecule has 0 aliphatic rings. The Balaban J connectivity index is 2.05. The van der Waals surface area contributed by atoms with Crippen LogP contribution in [0, 0.1) is 6.92 Å². The Morgan fingerprint density at radius 1 is 1.33 bits per heavy atom. The second-order valence-electron chi connectivity index (χ2n) is 4.39. The van der Waals surface area contributed by atoms with Gasteiger partial charge in [-0.05, 0) is 40.5 Å². The van der Waals surface area contributed by atoms with Gasteiger partial charge in [0.1, 0.15) is 11.3 Å². The van der Waals surface area contributed by atoms with Crippen LogP contribution in [-0.2, 0) is 0 Å². The van der Waals surface area contributed by atoms with E-state index in [1.54, 1.807) is 12.1 Å². The van der Waals surface area contributed by atoms with Crippen LogP contribution in [0.3, 0.4) is 0 Å². The summed E-state index contributed by atoms with van der Waals surface area (Å²) in [5, 5.41) is 0.850. The van der Waals surface area contributed by atoms with Gasteiger partial charge in [-0.2, -0.15) is 4.98 Å². The Bertz CT molecular complexity index is 892. The lowest BCUT2D eigenvalue weighted by atomic mass is 10.1. The minimum absolute atomic E-state index is 0.108. The molecule has 0 atom stereocenters. The molecule has 0 aliphatic heterocycles. The topological polar surface area (TPSA) is 91.2 Å². The summed E-state index contributed by atoms with van der Waals surface area (Å²) in [7, 11) is 0. The Kier molecular flexibility index (Phi) is 3.34. The predicted octanol–water partition coefficient (Wildman–Crippen LogP) is 3.03. The summed E-state index contributed by atoms with van der Waals surface area (Å²) in [4.78, 5) is 19.2. The Morgan fingerprint density at radius 3 is 2.95 bits per heavy atom. The van der Waals surface area contributed by atoms with Gasteiger partial charge < -0.3 is 14.9 Å². The highest BCUT2D eigenvalue weighted by Crippen LogP contribution is 2.29. The Labute approximate surface area is 127 Å². The summed E-state index contributed by atoms with van der Waals surface area (Å²) < 4.78 is 11.4.